The Bertz CT molecular complexity index is 420. The standard InChI is InChI=1S/C11H20N2O3S2/c1-2-13(7-6-10(12)17)11(14)9-5-3-4-8-18(9,15)16/h9H,2-8H2,1H3,(H2,12,17). The molecule has 0 radical (unpaired) electrons. The van der Waals surface area contributed by atoms with Gasteiger partial charge in [-0.1, -0.05) is 18.6 Å². The zero-order chi connectivity index (χ0) is 13.8. The Labute approximate surface area is 114 Å². The number of hydrogen-bond donors (Lipinski definition) is 1. The van der Waals surface area contributed by atoms with E-state index in [1.807, 2.05) is 6.92 Å². The van der Waals surface area contributed by atoms with Crippen molar-refractivity contribution in [1.82, 2.24) is 4.90 Å². The van der Waals surface area contributed by atoms with Crippen LogP contribution in [0.1, 0.15) is 32.6 Å². The predicted octanol–water partition coefficient (Wildman–Crippen LogP) is 0.478. The molecule has 1 aliphatic rings. The van der Waals surface area contributed by atoms with Gasteiger partial charge < -0.3 is 10.6 Å². The van der Waals surface area contributed by atoms with Gasteiger partial charge in [0.2, 0.25) is 5.91 Å². The minimum Gasteiger partial charge on any atom is -0.393 e. The quantitative estimate of drug-likeness (QED) is 0.745. The van der Waals surface area contributed by atoms with Gasteiger partial charge in [-0.25, -0.2) is 8.42 Å². The van der Waals surface area contributed by atoms with Crippen molar-refractivity contribution in [3.05, 3.63) is 0 Å². The van der Waals surface area contributed by atoms with Crippen LogP contribution in [0.4, 0.5) is 0 Å². The van der Waals surface area contributed by atoms with Crippen LogP contribution in [-0.2, 0) is 14.6 Å². The zero-order valence-electron chi connectivity index (χ0n) is 10.6. The third kappa shape index (κ3) is 3.91. The maximum absolute atomic E-state index is 12.2. The fourth-order valence-electron chi connectivity index (χ4n) is 2.10. The summed E-state index contributed by atoms with van der Waals surface area (Å²) in [5.41, 5.74) is 5.40. The molecule has 1 saturated heterocycles. The van der Waals surface area contributed by atoms with E-state index in [9.17, 15) is 13.2 Å². The number of nitrogens with zero attached hydrogens (tertiary/aromatic N) is 1. The average Bonchev–Trinajstić information content (AvgIpc) is 2.28. The van der Waals surface area contributed by atoms with E-state index >= 15 is 0 Å². The summed E-state index contributed by atoms with van der Waals surface area (Å²) in [5.74, 6) is -0.176. The topological polar surface area (TPSA) is 80.5 Å². The molecule has 0 aromatic heterocycles. The van der Waals surface area contributed by atoms with Crippen LogP contribution in [0.3, 0.4) is 0 Å². The molecule has 2 N–H and O–H groups in total. The summed E-state index contributed by atoms with van der Waals surface area (Å²) in [4.78, 5) is 14.1. The van der Waals surface area contributed by atoms with Crippen molar-refractivity contribution in [3.8, 4) is 0 Å². The first-order valence-corrected chi connectivity index (χ1v) is 8.29. The number of sulfone groups is 1. The third-order valence-electron chi connectivity index (χ3n) is 3.18. The van der Waals surface area contributed by atoms with Gasteiger partial charge >= 0.3 is 0 Å². The lowest BCUT2D eigenvalue weighted by Crippen LogP contribution is -2.46. The fourth-order valence-corrected chi connectivity index (χ4v) is 4.07. The van der Waals surface area contributed by atoms with E-state index in [0.29, 0.717) is 37.3 Å². The maximum atomic E-state index is 12.2. The Morgan fingerprint density at radius 2 is 2.11 bits per heavy atom. The summed E-state index contributed by atoms with van der Waals surface area (Å²) in [5, 5.41) is -0.863. The number of nitrogens with two attached hydrogens (primary N) is 1. The molecule has 18 heavy (non-hydrogen) atoms. The molecule has 1 amide bonds. The van der Waals surface area contributed by atoms with E-state index in [-0.39, 0.29) is 11.7 Å². The minimum atomic E-state index is -3.27. The molecule has 1 unspecified atom stereocenters. The molecule has 0 aromatic carbocycles. The smallest absolute Gasteiger partial charge is 0.240 e. The highest BCUT2D eigenvalue weighted by Crippen LogP contribution is 2.21. The molecule has 0 bridgehead atoms. The van der Waals surface area contributed by atoms with Gasteiger partial charge in [-0.3, -0.25) is 4.79 Å². The lowest BCUT2D eigenvalue weighted by molar-refractivity contribution is -0.130. The summed E-state index contributed by atoms with van der Waals surface area (Å²) in [7, 11) is -3.27. The lowest BCUT2D eigenvalue weighted by Gasteiger charge is -2.28. The molecule has 0 saturated carbocycles. The van der Waals surface area contributed by atoms with E-state index in [1.54, 1.807) is 0 Å². The van der Waals surface area contributed by atoms with E-state index in [0.717, 1.165) is 6.42 Å². The first kappa shape index (κ1) is 15.4. The molecular weight excluding hydrogens is 272 g/mol. The summed E-state index contributed by atoms with van der Waals surface area (Å²) in [6, 6.07) is 0. The van der Waals surface area contributed by atoms with Crippen LogP contribution in [0.25, 0.3) is 0 Å². The lowest BCUT2D eigenvalue weighted by atomic mass is 10.1. The second-order valence-corrected chi connectivity index (χ2v) is 7.31. The van der Waals surface area contributed by atoms with Gasteiger partial charge in [0.25, 0.3) is 0 Å². The normalized spacial score (nSPS) is 22.4. The van der Waals surface area contributed by atoms with Gasteiger partial charge in [0.05, 0.1) is 10.7 Å². The molecule has 1 rings (SSSR count). The second kappa shape index (κ2) is 6.47. The van der Waals surface area contributed by atoms with Crippen molar-refractivity contribution in [1.29, 1.82) is 0 Å². The highest BCUT2D eigenvalue weighted by Gasteiger charge is 2.36. The van der Waals surface area contributed by atoms with Gasteiger partial charge in [-0.05, 0) is 19.8 Å². The molecule has 1 fully saturated rings. The number of carbonyl (C=O) groups excluding carboxylic acids is 1. The molecule has 1 aliphatic heterocycles. The highest BCUT2D eigenvalue weighted by atomic mass is 32.2. The summed E-state index contributed by atoms with van der Waals surface area (Å²) >= 11 is 4.77. The predicted molar refractivity (Wildman–Crippen MR) is 75.1 cm³/mol. The van der Waals surface area contributed by atoms with Crippen LogP contribution in [0.15, 0.2) is 0 Å². The van der Waals surface area contributed by atoms with Gasteiger partial charge in [-0.2, -0.15) is 0 Å². The first-order chi connectivity index (χ1) is 8.38. The molecular formula is C11H20N2O3S2. The summed E-state index contributed by atoms with van der Waals surface area (Å²) < 4.78 is 23.8. The van der Waals surface area contributed by atoms with E-state index < -0.39 is 15.1 Å². The maximum Gasteiger partial charge on any atom is 0.240 e. The summed E-state index contributed by atoms with van der Waals surface area (Å²) in [6.07, 6.45) is 2.32. The van der Waals surface area contributed by atoms with E-state index in [2.05, 4.69) is 0 Å². The Morgan fingerprint density at radius 1 is 1.44 bits per heavy atom. The van der Waals surface area contributed by atoms with Gasteiger partial charge in [0.15, 0.2) is 9.84 Å². The Hall–Kier alpha value is -0.690. The Balaban J connectivity index is 2.73. The average molecular weight is 292 g/mol. The highest BCUT2D eigenvalue weighted by molar-refractivity contribution is 7.92. The first-order valence-electron chi connectivity index (χ1n) is 6.17. The molecule has 7 heteroatoms. The second-order valence-electron chi connectivity index (χ2n) is 4.49. The van der Waals surface area contributed by atoms with E-state index in [1.165, 1.54) is 4.90 Å². The van der Waals surface area contributed by atoms with Gasteiger partial charge in [-0.15, -0.1) is 0 Å². The van der Waals surface area contributed by atoms with Crippen LogP contribution in [0.2, 0.25) is 0 Å². The fraction of sp³-hybridized carbons (Fsp3) is 0.818. The zero-order valence-corrected chi connectivity index (χ0v) is 12.2. The van der Waals surface area contributed by atoms with Gasteiger partial charge in [0, 0.05) is 19.5 Å². The van der Waals surface area contributed by atoms with Crippen molar-refractivity contribution in [3.63, 3.8) is 0 Å². The SMILES string of the molecule is CCN(CCC(N)=S)C(=O)C1CCCCS1(=O)=O. The monoisotopic (exact) mass is 292 g/mol. The van der Waals surface area contributed by atoms with Crippen molar-refractivity contribution >= 4 is 33.0 Å². The third-order valence-corrected chi connectivity index (χ3v) is 5.54. The Kier molecular flexibility index (Phi) is 5.52. The van der Waals surface area contributed by atoms with Crippen LogP contribution >= 0.6 is 12.2 Å². The van der Waals surface area contributed by atoms with Crippen LogP contribution < -0.4 is 5.73 Å². The number of thiocarbonyl (C=S) groups is 1. The number of rotatable bonds is 5. The van der Waals surface area contributed by atoms with Crippen molar-refractivity contribution in [2.75, 3.05) is 18.8 Å². The molecule has 5 nitrogen and oxygen atoms in total. The van der Waals surface area contributed by atoms with Crippen LogP contribution in [-0.4, -0.2) is 48.3 Å². The molecule has 104 valence electrons. The number of carbonyl (C=O) groups is 1. The van der Waals surface area contributed by atoms with Crippen LogP contribution in [0, 0.1) is 0 Å². The number of hydrogen-bond acceptors (Lipinski definition) is 4. The van der Waals surface area contributed by atoms with Gasteiger partial charge in [0.1, 0.15) is 5.25 Å². The molecule has 0 spiro atoms. The molecule has 0 aromatic rings. The Morgan fingerprint density at radius 3 is 2.61 bits per heavy atom. The summed E-state index contributed by atoms with van der Waals surface area (Å²) in [6.45, 7) is 2.71. The van der Waals surface area contributed by atoms with Crippen molar-refractivity contribution < 1.29 is 13.2 Å². The molecule has 0 aliphatic carbocycles. The molecule has 1 heterocycles. The number of amides is 1. The van der Waals surface area contributed by atoms with Crippen LogP contribution in [0.5, 0.6) is 0 Å². The van der Waals surface area contributed by atoms with Crippen molar-refractivity contribution in [2.24, 2.45) is 5.73 Å². The largest absolute Gasteiger partial charge is 0.393 e. The molecule has 1 atom stereocenters. The minimum absolute atomic E-state index is 0.121. The van der Waals surface area contributed by atoms with Crippen molar-refractivity contribution in [2.45, 2.75) is 37.9 Å². The van der Waals surface area contributed by atoms with E-state index in [4.69, 9.17) is 18.0 Å².